The maximum atomic E-state index is 12.9. The first-order valence-corrected chi connectivity index (χ1v) is 4.45. The van der Waals surface area contributed by atoms with Crippen LogP contribution in [0.2, 0.25) is 0 Å². The molecule has 0 heterocycles. The van der Waals surface area contributed by atoms with Gasteiger partial charge in [0.05, 0.1) is 0 Å². The molecule has 0 atom stereocenters. The Balaban J connectivity index is 3.31. The number of hydrogen-bond acceptors (Lipinski definition) is 1. The normalized spacial score (nSPS) is 10.1. The van der Waals surface area contributed by atoms with Gasteiger partial charge in [-0.3, -0.25) is 0 Å². The number of hydrogen-bond donors (Lipinski definition) is 1. The SMILES string of the molecule is O=C(O)c1c(F)cc(CBr)cc1F. The molecule has 0 aliphatic heterocycles. The highest BCUT2D eigenvalue weighted by atomic mass is 79.9. The fraction of sp³-hybridized carbons (Fsp3) is 0.125. The Kier molecular flexibility index (Phi) is 2.98. The Hall–Kier alpha value is -0.970. The molecule has 1 N–H and O–H groups in total. The van der Waals surface area contributed by atoms with Gasteiger partial charge in [-0.1, -0.05) is 15.9 Å². The molecule has 0 bridgehead atoms. The van der Waals surface area contributed by atoms with Crippen molar-refractivity contribution >= 4 is 21.9 Å². The minimum atomic E-state index is -1.60. The molecule has 0 unspecified atom stereocenters. The fourth-order valence-corrected chi connectivity index (χ4v) is 1.23. The van der Waals surface area contributed by atoms with Gasteiger partial charge in [0.25, 0.3) is 0 Å². The van der Waals surface area contributed by atoms with E-state index in [1.807, 2.05) is 0 Å². The van der Waals surface area contributed by atoms with E-state index in [2.05, 4.69) is 15.9 Å². The third-order valence-electron chi connectivity index (χ3n) is 1.47. The van der Waals surface area contributed by atoms with E-state index < -0.39 is 23.2 Å². The van der Waals surface area contributed by atoms with Gasteiger partial charge in [0, 0.05) is 5.33 Å². The summed E-state index contributed by atoms with van der Waals surface area (Å²) in [7, 11) is 0. The second kappa shape index (κ2) is 3.83. The molecule has 0 radical (unpaired) electrons. The van der Waals surface area contributed by atoms with Crippen LogP contribution in [0.1, 0.15) is 15.9 Å². The lowest BCUT2D eigenvalue weighted by Gasteiger charge is -2.01. The zero-order valence-corrected chi connectivity index (χ0v) is 7.94. The number of carboxylic acid groups (broad SMARTS) is 1. The first-order chi connectivity index (χ1) is 6.06. The summed E-state index contributed by atoms with van der Waals surface area (Å²) in [5.41, 5.74) is -0.551. The lowest BCUT2D eigenvalue weighted by Crippen LogP contribution is -2.05. The van der Waals surface area contributed by atoms with Crippen molar-refractivity contribution in [1.29, 1.82) is 0 Å². The number of aromatic carboxylic acids is 1. The number of halogens is 3. The summed E-state index contributed by atoms with van der Waals surface area (Å²) in [6, 6.07) is 1.97. The van der Waals surface area contributed by atoms with E-state index in [-0.39, 0.29) is 5.33 Å². The molecule has 1 aromatic carbocycles. The smallest absolute Gasteiger partial charge is 0.341 e. The van der Waals surface area contributed by atoms with Crippen molar-refractivity contribution in [3.8, 4) is 0 Å². The maximum Gasteiger partial charge on any atom is 0.341 e. The van der Waals surface area contributed by atoms with Crippen LogP contribution in [-0.4, -0.2) is 11.1 Å². The van der Waals surface area contributed by atoms with Crippen LogP contribution in [0.15, 0.2) is 12.1 Å². The Labute approximate surface area is 81.3 Å². The van der Waals surface area contributed by atoms with Crippen molar-refractivity contribution in [2.24, 2.45) is 0 Å². The largest absolute Gasteiger partial charge is 0.477 e. The van der Waals surface area contributed by atoms with Crippen LogP contribution in [0.25, 0.3) is 0 Å². The highest BCUT2D eigenvalue weighted by Gasteiger charge is 2.16. The quantitative estimate of drug-likeness (QED) is 0.820. The average molecular weight is 251 g/mol. The van der Waals surface area contributed by atoms with E-state index in [0.717, 1.165) is 12.1 Å². The lowest BCUT2D eigenvalue weighted by atomic mass is 10.1. The molecule has 13 heavy (non-hydrogen) atoms. The van der Waals surface area contributed by atoms with E-state index in [4.69, 9.17) is 5.11 Å². The van der Waals surface area contributed by atoms with Crippen LogP contribution in [0.5, 0.6) is 0 Å². The van der Waals surface area contributed by atoms with Gasteiger partial charge in [0.1, 0.15) is 17.2 Å². The van der Waals surface area contributed by atoms with Crippen LogP contribution in [0.4, 0.5) is 8.78 Å². The summed E-state index contributed by atoms with van der Waals surface area (Å²) >= 11 is 3.01. The Morgan fingerprint density at radius 2 is 1.85 bits per heavy atom. The molecular weight excluding hydrogens is 246 g/mol. The Bertz CT molecular complexity index is 329. The monoisotopic (exact) mass is 250 g/mol. The summed E-state index contributed by atoms with van der Waals surface area (Å²) in [6.07, 6.45) is 0. The van der Waals surface area contributed by atoms with Crippen LogP contribution < -0.4 is 0 Å². The molecule has 0 fully saturated rings. The molecule has 2 nitrogen and oxygen atoms in total. The Morgan fingerprint density at radius 1 is 1.38 bits per heavy atom. The standard InChI is InChI=1S/C8H5BrF2O2/c9-3-4-1-5(10)7(8(12)13)6(11)2-4/h1-2H,3H2,(H,12,13). The molecule has 0 aromatic heterocycles. The van der Waals surface area contributed by atoms with Gasteiger partial charge >= 0.3 is 5.97 Å². The van der Waals surface area contributed by atoms with E-state index in [0.29, 0.717) is 5.56 Å². The fourth-order valence-electron chi connectivity index (χ4n) is 0.907. The van der Waals surface area contributed by atoms with Crippen LogP contribution in [0, 0.1) is 11.6 Å². The zero-order valence-electron chi connectivity index (χ0n) is 6.35. The van der Waals surface area contributed by atoms with E-state index in [1.165, 1.54) is 0 Å². The lowest BCUT2D eigenvalue weighted by molar-refractivity contribution is 0.0686. The number of benzene rings is 1. The average Bonchev–Trinajstić information content (AvgIpc) is 2.02. The zero-order chi connectivity index (χ0) is 10.0. The van der Waals surface area contributed by atoms with E-state index in [9.17, 15) is 13.6 Å². The van der Waals surface area contributed by atoms with Gasteiger partial charge in [0.15, 0.2) is 0 Å². The summed E-state index contributed by atoms with van der Waals surface area (Å²) in [5, 5.41) is 8.70. The molecule has 1 aromatic rings. The summed E-state index contributed by atoms with van der Waals surface area (Å²) in [5.74, 6) is -3.71. The first kappa shape index (κ1) is 10.1. The molecule has 0 aliphatic rings. The minimum Gasteiger partial charge on any atom is -0.477 e. The van der Waals surface area contributed by atoms with E-state index >= 15 is 0 Å². The predicted octanol–water partition coefficient (Wildman–Crippen LogP) is 2.56. The van der Waals surface area contributed by atoms with Crippen molar-refractivity contribution in [3.63, 3.8) is 0 Å². The molecule has 0 spiro atoms. The van der Waals surface area contributed by atoms with Crippen molar-refractivity contribution in [2.75, 3.05) is 0 Å². The Morgan fingerprint density at radius 3 is 2.15 bits per heavy atom. The molecule has 1 rings (SSSR count). The van der Waals surface area contributed by atoms with Crippen molar-refractivity contribution in [3.05, 3.63) is 34.9 Å². The third-order valence-corrected chi connectivity index (χ3v) is 2.12. The number of carboxylic acids is 1. The van der Waals surface area contributed by atoms with Gasteiger partial charge in [-0.25, -0.2) is 13.6 Å². The molecule has 70 valence electrons. The second-order valence-electron chi connectivity index (χ2n) is 2.37. The van der Waals surface area contributed by atoms with Gasteiger partial charge in [0.2, 0.25) is 0 Å². The summed E-state index contributed by atoms with van der Waals surface area (Å²) in [6.45, 7) is 0. The molecule has 0 saturated heterocycles. The summed E-state index contributed by atoms with van der Waals surface area (Å²) < 4.78 is 25.8. The van der Waals surface area contributed by atoms with Crippen LogP contribution >= 0.6 is 15.9 Å². The van der Waals surface area contributed by atoms with Gasteiger partial charge < -0.3 is 5.11 Å². The minimum absolute atomic E-state index is 0.279. The maximum absolute atomic E-state index is 12.9. The van der Waals surface area contributed by atoms with E-state index in [1.54, 1.807) is 0 Å². The molecule has 0 amide bonds. The molecule has 0 aliphatic carbocycles. The first-order valence-electron chi connectivity index (χ1n) is 3.33. The number of alkyl halides is 1. The summed E-state index contributed by atoms with van der Waals surface area (Å²) in [4.78, 5) is 10.4. The van der Waals surface area contributed by atoms with Gasteiger partial charge in [-0.15, -0.1) is 0 Å². The molecule has 0 saturated carbocycles. The molecule has 5 heteroatoms. The highest BCUT2D eigenvalue weighted by Crippen LogP contribution is 2.17. The van der Waals surface area contributed by atoms with Crippen molar-refractivity contribution in [1.82, 2.24) is 0 Å². The predicted molar refractivity (Wildman–Crippen MR) is 45.9 cm³/mol. The van der Waals surface area contributed by atoms with Crippen LogP contribution in [0.3, 0.4) is 0 Å². The van der Waals surface area contributed by atoms with Gasteiger partial charge in [-0.05, 0) is 17.7 Å². The van der Waals surface area contributed by atoms with Gasteiger partial charge in [-0.2, -0.15) is 0 Å². The van der Waals surface area contributed by atoms with Crippen molar-refractivity contribution in [2.45, 2.75) is 5.33 Å². The number of carbonyl (C=O) groups is 1. The number of rotatable bonds is 2. The third kappa shape index (κ3) is 2.03. The second-order valence-corrected chi connectivity index (χ2v) is 2.93. The molecular formula is C8H5BrF2O2. The van der Waals surface area contributed by atoms with Crippen LogP contribution in [-0.2, 0) is 5.33 Å². The topological polar surface area (TPSA) is 37.3 Å². The van der Waals surface area contributed by atoms with Crippen molar-refractivity contribution < 1.29 is 18.7 Å². The highest BCUT2D eigenvalue weighted by molar-refractivity contribution is 9.08.